The van der Waals surface area contributed by atoms with Crippen LogP contribution in [0, 0.1) is 6.92 Å². The van der Waals surface area contributed by atoms with Crippen LogP contribution in [0.1, 0.15) is 28.4 Å². The number of aryl methyl sites for hydroxylation is 2. The summed E-state index contributed by atoms with van der Waals surface area (Å²) in [5, 5.41) is 11.3. The van der Waals surface area contributed by atoms with Gasteiger partial charge in [0.25, 0.3) is 11.8 Å². The molecule has 3 aromatic heterocycles. The second-order valence-electron chi connectivity index (χ2n) is 6.67. The summed E-state index contributed by atoms with van der Waals surface area (Å²) in [6.45, 7) is 2.82. The quantitative estimate of drug-likeness (QED) is 0.701. The van der Waals surface area contributed by atoms with Gasteiger partial charge >= 0.3 is 0 Å². The van der Waals surface area contributed by atoms with E-state index in [4.69, 9.17) is 0 Å². The van der Waals surface area contributed by atoms with Gasteiger partial charge in [-0.2, -0.15) is 5.10 Å². The molecule has 0 aromatic carbocycles. The van der Waals surface area contributed by atoms with Crippen molar-refractivity contribution in [2.75, 3.05) is 11.9 Å². The maximum Gasteiger partial charge on any atom is 0.291 e. The van der Waals surface area contributed by atoms with Gasteiger partial charge in [-0.25, -0.2) is 14.3 Å². The normalized spacial score (nSPS) is 16.6. The lowest BCUT2D eigenvalue weighted by molar-refractivity contribution is -0.120. The van der Waals surface area contributed by atoms with Gasteiger partial charge in [-0.15, -0.1) is 5.10 Å². The first-order valence-corrected chi connectivity index (χ1v) is 8.93. The van der Waals surface area contributed by atoms with Crippen molar-refractivity contribution in [1.82, 2.24) is 34.8 Å². The van der Waals surface area contributed by atoms with E-state index in [-0.39, 0.29) is 11.7 Å². The molecule has 0 spiro atoms. The molecule has 1 aliphatic heterocycles. The molecule has 28 heavy (non-hydrogen) atoms. The molecule has 10 heteroatoms. The van der Waals surface area contributed by atoms with E-state index in [0.717, 1.165) is 17.2 Å². The van der Waals surface area contributed by atoms with Crippen LogP contribution in [0.4, 0.5) is 5.82 Å². The van der Waals surface area contributed by atoms with Gasteiger partial charge in [-0.1, -0.05) is 6.07 Å². The van der Waals surface area contributed by atoms with Crippen molar-refractivity contribution in [2.24, 2.45) is 0 Å². The van der Waals surface area contributed by atoms with Crippen molar-refractivity contribution in [3.8, 4) is 0 Å². The minimum atomic E-state index is -0.665. The summed E-state index contributed by atoms with van der Waals surface area (Å²) in [7, 11) is 1.68. The second kappa shape index (κ2) is 7.22. The molecule has 3 aromatic rings. The highest BCUT2D eigenvalue weighted by atomic mass is 16.2. The molecule has 0 bridgehead atoms. The molecule has 0 aliphatic carbocycles. The lowest BCUT2D eigenvalue weighted by Crippen LogP contribution is -2.47. The van der Waals surface area contributed by atoms with Crippen LogP contribution in [0.25, 0.3) is 0 Å². The molecule has 0 fully saturated rings. The van der Waals surface area contributed by atoms with E-state index < -0.39 is 11.9 Å². The molecule has 0 saturated carbocycles. The molecule has 0 unspecified atom stereocenters. The summed E-state index contributed by atoms with van der Waals surface area (Å²) in [4.78, 5) is 35.1. The number of carbonyl (C=O) groups is 2. The van der Waals surface area contributed by atoms with E-state index in [0.29, 0.717) is 19.5 Å². The molecule has 1 aliphatic rings. The number of anilines is 1. The lowest BCUT2D eigenvalue weighted by Gasteiger charge is -2.19. The summed E-state index contributed by atoms with van der Waals surface area (Å²) in [6.07, 6.45) is 3.61. The van der Waals surface area contributed by atoms with Crippen LogP contribution >= 0.6 is 0 Å². The van der Waals surface area contributed by atoms with Crippen molar-refractivity contribution >= 4 is 17.6 Å². The topological polar surface area (TPSA) is 111 Å². The van der Waals surface area contributed by atoms with Gasteiger partial charge in [-0.3, -0.25) is 19.5 Å². The summed E-state index contributed by atoms with van der Waals surface area (Å²) in [6, 6.07) is 6.77. The summed E-state index contributed by atoms with van der Waals surface area (Å²) < 4.78 is 3.32. The van der Waals surface area contributed by atoms with Crippen LogP contribution in [-0.2, 0) is 17.9 Å². The van der Waals surface area contributed by atoms with Crippen molar-refractivity contribution in [3.05, 3.63) is 54.0 Å². The molecule has 10 nitrogen and oxygen atoms in total. The molecule has 1 atom stereocenters. The Morgan fingerprint density at radius 2 is 2.14 bits per heavy atom. The number of hydrogen-bond donors (Lipinski definition) is 1. The average Bonchev–Trinajstić information content (AvgIpc) is 3.28. The Morgan fingerprint density at radius 1 is 1.29 bits per heavy atom. The first-order valence-electron chi connectivity index (χ1n) is 8.93. The number of nitrogens with zero attached hydrogens (tertiary/aromatic N) is 7. The zero-order chi connectivity index (χ0) is 19.7. The minimum Gasteiger partial charge on any atom is -0.337 e. The van der Waals surface area contributed by atoms with Crippen LogP contribution < -0.4 is 10.2 Å². The first-order chi connectivity index (χ1) is 13.5. The Labute approximate surface area is 161 Å². The number of amides is 2. The van der Waals surface area contributed by atoms with Gasteiger partial charge in [0.05, 0.1) is 17.9 Å². The molecule has 2 amide bonds. The maximum atomic E-state index is 12.7. The van der Waals surface area contributed by atoms with Crippen LogP contribution in [0.2, 0.25) is 0 Å². The van der Waals surface area contributed by atoms with Gasteiger partial charge in [0.2, 0.25) is 5.82 Å². The molecular formula is C18H20N8O2. The first kappa shape index (κ1) is 17.8. The SMILES string of the molecule is Cc1cc2n(n1)CC[C@H](NC(=O)c1ncn(Cc3ccccn3)n1)C(=O)N2C. The molecule has 144 valence electrons. The molecule has 1 N–H and O–H groups in total. The molecular weight excluding hydrogens is 360 g/mol. The fraction of sp³-hybridized carbons (Fsp3) is 0.333. The van der Waals surface area contributed by atoms with E-state index in [1.807, 2.05) is 31.2 Å². The maximum absolute atomic E-state index is 12.7. The van der Waals surface area contributed by atoms with Gasteiger partial charge < -0.3 is 5.32 Å². The standard InChI is InChI=1S/C18H20N8O2/c1-12-9-15-24(2)18(28)14(6-8-26(15)22-12)21-17(27)16-20-11-25(23-16)10-13-5-3-4-7-19-13/h3-5,7,9,11,14H,6,8,10H2,1-2H3,(H,21,27)/t14-/m0/s1. The lowest BCUT2D eigenvalue weighted by atomic mass is 10.2. The number of hydrogen-bond acceptors (Lipinski definition) is 6. The molecule has 0 radical (unpaired) electrons. The number of nitrogens with one attached hydrogen (secondary N) is 1. The number of pyridine rings is 1. The van der Waals surface area contributed by atoms with E-state index in [1.54, 1.807) is 17.9 Å². The number of carbonyl (C=O) groups excluding carboxylic acids is 2. The van der Waals surface area contributed by atoms with Crippen LogP contribution in [0.15, 0.2) is 36.8 Å². The fourth-order valence-corrected chi connectivity index (χ4v) is 3.18. The minimum absolute atomic E-state index is 0.0178. The zero-order valence-electron chi connectivity index (χ0n) is 15.6. The van der Waals surface area contributed by atoms with Crippen LogP contribution in [0.3, 0.4) is 0 Å². The number of fused-ring (bicyclic) bond motifs is 1. The number of likely N-dealkylation sites (N-methyl/N-ethyl adjacent to an activating group) is 1. The van der Waals surface area contributed by atoms with E-state index in [2.05, 4.69) is 25.5 Å². The highest BCUT2D eigenvalue weighted by molar-refractivity contribution is 6.00. The van der Waals surface area contributed by atoms with Gasteiger partial charge in [0.15, 0.2) is 0 Å². The largest absolute Gasteiger partial charge is 0.337 e. The second-order valence-corrected chi connectivity index (χ2v) is 6.67. The molecule has 4 rings (SSSR count). The monoisotopic (exact) mass is 380 g/mol. The third-order valence-electron chi connectivity index (χ3n) is 4.58. The predicted octanol–water partition coefficient (Wildman–Crippen LogP) is 0.391. The zero-order valence-corrected chi connectivity index (χ0v) is 15.6. The summed E-state index contributed by atoms with van der Waals surface area (Å²) >= 11 is 0. The molecule has 4 heterocycles. The fourth-order valence-electron chi connectivity index (χ4n) is 3.18. The highest BCUT2D eigenvalue weighted by Gasteiger charge is 2.31. The van der Waals surface area contributed by atoms with Crippen molar-refractivity contribution < 1.29 is 9.59 Å². The third kappa shape index (κ3) is 3.48. The van der Waals surface area contributed by atoms with Crippen molar-refractivity contribution in [3.63, 3.8) is 0 Å². The van der Waals surface area contributed by atoms with E-state index in [9.17, 15) is 9.59 Å². The number of rotatable bonds is 4. The Balaban J connectivity index is 1.44. The Morgan fingerprint density at radius 3 is 2.93 bits per heavy atom. The van der Waals surface area contributed by atoms with E-state index >= 15 is 0 Å². The molecule has 0 saturated heterocycles. The van der Waals surface area contributed by atoms with Gasteiger partial charge in [-0.05, 0) is 25.5 Å². The van der Waals surface area contributed by atoms with Crippen molar-refractivity contribution in [2.45, 2.75) is 32.5 Å². The Hall–Kier alpha value is -3.56. The summed E-state index contributed by atoms with van der Waals surface area (Å²) in [5.41, 5.74) is 1.66. The van der Waals surface area contributed by atoms with Crippen LogP contribution in [-0.4, -0.2) is 54.4 Å². The van der Waals surface area contributed by atoms with E-state index in [1.165, 1.54) is 15.9 Å². The average molecular weight is 380 g/mol. The third-order valence-corrected chi connectivity index (χ3v) is 4.58. The summed E-state index contributed by atoms with van der Waals surface area (Å²) in [5.74, 6) is 0.0587. The van der Waals surface area contributed by atoms with Crippen molar-refractivity contribution in [1.29, 1.82) is 0 Å². The smallest absolute Gasteiger partial charge is 0.291 e. The van der Waals surface area contributed by atoms with Gasteiger partial charge in [0, 0.05) is 25.9 Å². The predicted molar refractivity (Wildman–Crippen MR) is 99.6 cm³/mol. The Kier molecular flexibility index (Phi) is 4.60. The number of aromatic nitrogens is 6. The van der Waals surface area contributed by atoms with Gasteiger partial charge in [0.1, 0.15) is 18.2 Å². The highest BCUT2D eigenvalue weighted by Crippen LogP contribution is 2.20. The Bertz CT molecular complexity index is 1010. The van der Waals surface area contributed by atoms with Crippen LogP contribution in [0.5, 0.6) is 0 Å².